The fraction of sp³-hybridized carbons (Fsp3) is 0.216. The van der Waals surface area contributed by atoms with E-state index in [4.69, 9.17) is 4.74 Å². The molecule has 0 spiro atoms. The molecule has 4 aromatic rings. The van der Waals surface area contributed by atoms with Crippen LogP contribution in [0, 0.1) is 5.92 Å². The molecule has 6 rings (SSSR count). The monoisotopic (exact) mass is 601 g/mol. The van der Waals surface area contributed by atoms with Gasteiger partial charge in [0.25, 0.3) is 5.91 Å². The van der Waals surface area contributed by atoms with E-state index in [0.29, 0.717) is 17.0 Å². The standard InChI is InChI=1S/C37H35N3O3S/c1-24(39-40-36(41)28-13-11-26(12-14-28)23-44-22-25-7-4-3-5-8-25)30-19-20-34-33(21-30)31-9-6-10-32(31)35(38-34)27-15-17-29(18-16-27)37(42)43-2/h3-9,11-21,31-32,35,38H,10,22-23H2,1-2H3,(H,40,41)/b39-24-/t31-,32+,35+/m1/s1. The third-order valence-corrected chi connectivity index (χ3v) is 9.47. The number of fused-ring (bicyclic) bond motifs is 3. The number of thioether (sulfide) groups is 1. The third-order valence-electron chi connectivity index (χ3n) is 8.39. The summed E-state index contributed by atoms with van der Waals surface area (Å²) in [5.74, 6) is 1.91. The van der Waals surface area contributed by atoms with Crippen LogP contribution in [0.4, 0.5) is 5.69 Å². The average molecular weight is 602 g/mol. The van der Waals surface area contributed by atoms with Crippen LogP contribution in [0.5, 0.6) is 0 Å². The van der Waals surface area contributed by atoms with Crippen LogP contribution in [0.3, 0.4) is 0 Å². The number of esters is 1. The Morgan fingerprint density at radius 1 is 0.886 bits per heavy atom. The van der Waals surface area contributed by atoms with E-state index in [-0.39, 0.29) is 23.8 Å². The molecule has 0 saturated carbocycles. The molecule has 222 valence electrons. The Kier molecular flexibility index (Phi) is 8.94. The number of hydrogen-bond donors (Lipinski definition) is 2. The van der Waals surface area contributed by atoms with E-state index in [1.807, 2.05) is 79.3 Å². The van der Waals surface area contributed by atoms with Gasteiger partial charge in [-0.1, -0.05) is 72.8 Å². The van der Waals surface area contributed by atoms with E-state index in [1.165, 1.54) is 23.8 Å². The highest BCUT2D eigenvalue weighted by Crippen LogP contribution is 2.50. The van der Waals surface area contributed by atoms with Crippen molar-refractivity contribution in [2.45, 2.75) is 36.8 Å². The molecule has 0 aromatic heterocycles. The van der Waals surface area contributed by atoms with Gasteiger partial charge in [-0.2, -0.15) is 16.9 Å². The zero-order chi connectivity index (χ0) is 30.5. The number of carbonyl (C=O) groups is 2. The zero-order valence-corrected chi connectivity index (χ0v) is 25.6. The van der Waals surface area contributed by atoms with Crippen molar-refractivity contribution in [2.24, 2.45) is 11.0 Å². The summed E-state index contributed by atoms with van der Waals surface area (Å²) in [5, 5.41) is 8.18. The first-order valence-corrected chi connectivity index (χ1v) is 16.0. The van der Waals surface area contributed by atoms with Crippen molar-refractivity contribution in [3.8, 4) is 0 Å². The quantitative estimate of drug-likeness (QED) is 0.0883. The number of benzene rings is 4. The maximum atomic E-state index is 12.9. The number of hydrogen-bond acceptors (Lipinski definition) is 6. The number of methoxy groups -OCH3 is 1. The van der Waals surface area contributed by atoms with Gasteiger partial charge >= 0.3 is 5.97 Å². The molecule has 1 aliphatic carbocycles. The highest BCUT2D eigenvalue weighted by molar-refractivity contribution is 7.97. The summed E-state index contributed by atoms with van der Waals surface area (Å²) in [6.07, 6.45) is 5.52. The highest BCUT2D eigenvalue weighted by atomic mass is 32.2. The van der Waals surface area contributed by atoms with Gasteiger partial charge in [0.1, 0.15) is 0 Å². The van der Waals surface area contributed by atoms with Gasteiger partial charge in [-0.15, -0.1) is 0 Å². The number of ether oxygens (including phenoxy) is 1. The lowest BCUT2D eigenvalue weighted by molar-refractivity contribution is 0.0600. The van der Waals surface area contributed by atoms with Crippen LogP contribution in [0.2, 0.25) is 0 Å². The number of rotatable bonds is 9. The first-order chi connectivity index (χ1) is 21.5. The van der Waals surface area contributed by atoms with Crippen molar-refractivity contribution in [3.63, 3.8) is 0 Å². The minimum Gasteiger partial charge on any atom is -0.465 e. The lowest BCUT2D eigenvalue weighted by Crippen LogP contribution is -2.29. The van der Waals surface area contributed by atoms with E-state index >= 15 is 0 Å². The van der Waals surface area contributed by atoms with Crippen LogP contribution < -0.4 is 10.7 Å². The number of amides is 1. The third kappa shape index (κ3) is 6.48. The fourth-order valence-corrected chi connectivity index (χ4v) is 6.93. The summed E-state index contributed by atoms with van der Waals surface area (Å²) in [6, 6.07) is 32.3. The number of carbonyl (C=O) groups excluding carboxylic acids is 2. The van der Waals surface area contributed by atoms with Crippen molar-refractivity contribution in [2.75, 3.05) is 12.4 Å². The van der Waals surface area contributed by atoms with Gasteiger partial charge in [0.15, 0.2) is 0 Å². The van der Waals surface area contributed by atoms with Crippen molar-refractivity contribution in [1.82, 2.24) is 5.43 Å². The normalized spacial score (nSPS) is 18.6. The van der Waals surface area contributed by atoms with Gasteiger partial charge in [0.05, 0.1) is 24.4 Å². The van der Waals surface area contributed by atoms with Crippen LogP contribution in [0.15, 0.2) is 114 Å². The molecule has 2 N–H and O–H groups in total. The van der Waals surface area contributed by atoms with Crippen LogP contribution in [0.1, 0.15) is 73.8 Å². The topological polar surface area (TPSA) is 79.8 Å². The maximum absolute atomic E-state index is 12.9. The number of nitrogens with one attached hydrogen (secondary N) is 2. The van der Waals surface area contributed by atoms with Crippen molar-refractivity contribution >= 4 is 35.0 Å². The Bertz CT molecular complexity index is 1700. The first-order valence-electron chi connectivity index (χ1n) is 14.8. The van der Waals surface area contributed by atoms with E-state index in [2.05, 4.69) is 64.4 Å². The largest absolute Gasteiger partial charge is 0.465 e. The summed E-state index contributed by atoms with van der Waals surface area (Å²) < 4.78 is 4.85. The molecule has 0 bridgehead atoms. The number of nitrogens with zero attached hydrogens (tertiary/aromatic N) is 1. The van der Waals surface area contributed by atoms with Crippen LogP contribution in [-0.2, 0) is 16.2 Å². The maximum Gasteiger partial charge on any atom is 0.337 e. The summed E-state index contributed by atoms with van der Waals surface area (Å²) in [5.41, 5.74) is 11.5. The van der Waals surface area contributed by atoms with Crippen molar-refractivity contribution in [3.05, 3.63) is 148 Å². The summed E-state index contributed by atoms with van der Waals surface area (Å²) in [7, 11) is 1.39. The predicted molar refractivity (Wildman–Crippen MR) is 178 cm³/mol. The molecule has 4 aromatic carbocycles. The van der Waals surface area contributed by atoms with Gasteiger partial charge in [-0.05, 0) is 83.5 Å². The second kappa shape index (κ2) is 13.3. The zero-order valence-electron chi connectivity index (χ0n) is 24.8. The van der Waals surface area contributed by atoms with E-state index in [1.54, 1.807) is 0 Å². The molecule has 1 aliphatic heterocycles. The number of allylic oxidation sites excluding steroid dienone is 2. The molecule has 3 atom stereocenters. The average Bonchev–Trinajstić information content (AvgIpc) is 3.58. The van der Waals surface area contributed by atoms with Gasteiger partial charge in [-0.25, -0.2) is 10.2 Å². The molecule has 44 heavy (non-hydrogen) atoms. The lowest BCUT2D eigenvalue weighted by atomic mass is 9.76. The van der Waals surface area contributed by atoms with Gasteiger partial charge in [0.2, 0.25) is 0 Å². The Morgan fingerprint density at radius 2 is 1.57 bits per heavy atom. The van der Waals surface area contributed by atoms with Gasteiger partial charge < -0.3 is 10.1 Å². The molecule has 7 heteroatoms. The molecule has 0 saturated heterocycles. The van der Waals surface area contributed by atoms with Gasteiger partial charge in [0, 0.05) is 28.7 Å². The predicted octanol–water partition coefficient (Wildman–Crippen LogP) is 7.89. The summed E-state index contributed by atoms with van der Waals surface area (Å²) >= 11 is 1.86. The minimum atomic E-state index is -0.332. The van der Waals surface area contributed by atoms with Crippen LogP contribution in [-0.4, -0.2) is 24.7 Å². The fourth-order valence-electron chi connectivity index (χ4n) is 5.97. The molecule has 0 unspecified atom stereocenters. The lowest BCUT2D eigenvalue weighted by Gasteiger charge is -2.37. The Balaban J connectivity index is 1.09. The van der Waals surface area contributed by atoms with Crippen molar-refractivity contribution in [1.29, 1.82) is 0 Å². The molecular weight excluding hydrogens is 566 g/mol. The Labute approximate surface area is 262 Å². The van der Waals surface area contributed by atoms with E-state index in [0.717, 1.165) is 40.5 Å². The Hall–Kier alpha value is -4.62. The number of anilines is 1. The van der Waals surface area contributed by atoms with E-state index in [9.17, 15) is 9.59 Å². The molecule has 0 fully saturated rings. The SMILES string of the molecule is COC(=O)c1ccc([C@@H]2Nc3ccc(/C(C)=N\NC(=O)c4ccc(CSCc5ccccc5)cc4)cc3[C@@H]3C=CC[C@@H]32)cc1. The summed E-state index contributed by atoms with van der Waals surface area (Å²) in [6.45, 7) is 1.92. The van der Waals surface area contributed by atoms with Crippen LogP contribution in [0.25, 0.3) is 0 Å². The molecule has 1 amide bonds. The van der Waals surface area contributed by atoms with Crippen molar-refractivity contribution < 1.29 is 14.3 Å². The molecule has 6 nitrogen and oxygen atoms in total. The summed E-state index contributed by atoms with van der Waals surface area (Å²) in [4.78, 5) is 24.7. The Morgan fingerprint density at radius 3 is 2.30 bits per heavy atom. The first kappa shape index (κ1) is 29.5. The van der Waals surface area contributed by atoms with E-state index < -0.39 is 0 Å². The second-order valence-corrected chi connectivity index (χ2v) is 12.2. The molecule has 2 aliphatic rings. The smallest absolute Gasteiger partial charge is 0.337 e. The molecule has 0 radical (unpaired) electrons. The van der Waals surface area contributed by atoms with Crippen LogP contribution >= 0.6 is 11.8 Å². The molecule has 1 heterocycles. The van der Waals surface area contributed by atoms with Gasteiger partial charge in [-0.3, -0.25) is 4.79 Å². The minimum absolute atomic E-state index is 0.128. The molecular formula is C37H35N3O3S. The second-order valence-electron chi connectivity index (χ2n) is 11.2. The number of hydrazone groups is 1. The highest BCUT2D eigenvalue weighted by Gasteiger charge is 2.38.